The van der Waals surface area contributed by atoms with Gasteiger partial charge in [-0.05, 0) is 67.5 Å². The van der Waals surface area contributed by atoms with Gasteiger partial charge >= 0.3 is 0 Å². The third-order valence-corrected chi connectivity index (χ3v) is 7.12. The number of benzene rings is 2. The number of amides is 1. The summed E-state index contributed by atoms with van der Waals surface area (Å²) in [5.41, 5.74) is 3.87. The molecule has 1 N–H and O–H groups in total. The predicted octanol–water partition coefficient (Wildman–Crippen LogP) is 4.91. The van der Waals surface area contributed by atoms with Gasteiger partial charge in [0.25, 0.3) is 5.91 Å². The fourth-order valence-electron chi connectivity index (χ4n) is 3.84. The lowest BCUT2D eigenvalue weighted by atomic mass is 10.1. The number of hydrogen-bond donors (Lipinski definition) is 1. The minimum absolute atomic E-state index is 0.000975. The Morgan fingerprint density at radius 2 is 1.86 bits per heavy atom. The predicted molar refractivity (Wildman–Crippen MR) is 144 cm³/mol. The summed E-state index contributed by atoms with van der Waals surface area (Å²) in [4.78, 5) is 24.0. The molecule has 0 spiro atoms. The standard InChI is InChI=1S/C28H34N4O3S/c1-19-14-26(32(2)13-12-20-10-11-24(34-3)25(16-20)35-4)31-28(30-19)36-18-22-6-5-7-23(15-22)27(33)29-17-21-8-9-21/h5-7,10-11,14-16,21H,8-9,12-13,17-18H2,1-4H3,(H,29,33). The molecule has 0 atom stereocenters. The molecule has 1 aliphatic carbocycles. The molecule has 8 heteroatoms. The number of ether oxygens (including phenoxy) is 2. The largest absolute Gasteiger partial charge is 0.493 e. The van der Waals surface area contributed by atoms with E-state index >= 15 is 0 Å². The van der Waals surface area contributed by atoms with Gasteiger partial charge in [-0.25, -0.2) is 9.97 Å². The van der Waals surface area contributed by atoms with Gasteiger partial charge in [0.2, 0.25) is 0 Å². The molecule has 1 amide bonds. The molecule has 7 nitrogen and oxygen atoms in total. The van der Waals surface area contributed by atoms with Crippen molar-refractivity contribution in [2.45, 2.75) is 37.1 Å². The number of carbonyl (C=O) groups excluding carboxylic acids is 1. The molecule has 0 aliphatic heterocycles. The summed E-state index contributed by atoms with van der Waals surface area (Å²) in [7, 11) is 5.33. The molecule has 4 rings (SSSR count). The van der Waals surface area contributed by atoms with Crippen LogP contribution >= 0.6 is 11.8 Å². The van der Waals surface area contributed by atoms with Gasteiger partial charge in [0.05, 0.1) is 14.2 Å². The van der Waals surface area contributed by atoms with Gasteiger partial charge in [0.1, 0.15) is 5.82 Å². The van der Waals surface area contributed by atoms with E-state index in [1.165, 1.54) is 18.4 Å². The van der Waals surface area contributed by atoms with Crippen LogP contribution in [-0.2, 0) is 12.2 Å². The van der Waals surface area contributed by atoms with Crippen LogP contribution in [0.1, 0.15) is 40.0 Å². The molecular formula is C28H34N4O3S. The lowest BCUT2D eigenvalue weighted by Gasteiger charge is -2.19. The molecule has 1 heterocycles. The first kappa shape index (κ1) is 25.8. The van der Waals surface area contributed by atoms with Gasteiger partial charge in [-0.1, -0.05) is 30.0 Å². The molecule has 1 aliphatic rings. The van der Waals surface area contributed by atoms with Crippen molar-refractivity contribution in [1.29, 1.82) is 0 Å². The van der Waals surface area contributed by atoms with Crippen LogP contribution in [0.3, 0.4) is 0 Å². The quantitative estimate of drug-likeness (QED) is 0.276. The molecule has 1 fully saturated rings. The number of anilines is 1. The van der Waals surface area contributed by atoms with Crippen LogP contribution in [0.15, 0.2) is 53.7 Å². The normalized spacial score (nSPS) is 12.8. The molecule has 36 heavy (non-hydrogen) atoms. The Balaban J connectivity index is 1.35. The van der Waals surface area contributed by atoms with Crippen LogP contribution in [0.5, 0.6) is 11.5 Å². The highest BCUT2D eigenvalue weighted by atomic mass is 32.2. The van der Waals surface area contributed by atoms with Crippen molar-refractivity contribution in [3.05, 3.63) is 70.9 Å². The molecule has 0 radical (unpaired) electrons. The van der Waals surface area contributed by atoms with Gasteiger partial charge in [0.15, 0.2) is 16.7 Å². The van der Waals surface area contributed by atoms with Crippen LogP contribution < -0.4 is 19.7 Å². The molecular weight excluding hydrogens is 472 g/mol. The van der Waals surface area contributed by atoms with E-state index in [-0.39, 0.29) is 5.91 Å². The summed E-state index contributed by atoms with van der Waals surface area (Å²) in [5.74, 6) is 3.71. The molecule has 0 unspecified atom stereocenters. The average molecular weight is 507 g/mol. The fourth-order valence-corrected chi connectivity index (χ4v) is 4.69. The third-order valence-electron chi connectivity index (χ3n) is 6.20. The summed E-state index contributed by atoms with van der Waals surface area (Å²) in [6, 6.07) is 15.8. The van der Waals surface area contributed by atoms with Crippen molar-refractivity contribution in [2.24, 2.45) is 5.92 Å². The highest BCUT2D eigenvalue weighted by molar-refractivity contribution is 7.98. The summed E-state index contributed by atoms with van der Waals surface area (Å²) >= 11 is 1.58. The fraction of sp³-hybridized carbons (Fsp3) is 0.393. The minimum atomic E-state index is -0.000975. The first-order valence-corrected chi connectivity index (χ1v) is 13.2. The summed E-state index contributed by atoms with van der Waals surface area (Å²) < 4.78 is 10.8. The van der Waals surface area contributed by atoms with Crippen molar-refractivity contribution < 1.29 is 14.3 Å². The Morgan fingerprint density at radius 3 is 2.61 bits per heavy atom. The van der Waals surface area contributed by atoms with Crippen molar-refractivity contribution in [2.75, 3.05) is 39.3 Å². The molecule has 0 saturated heterocycles. The number of nitrogens with one attached hydrogen (secondary N) is 1. The number of nitrogens with zero attached hydrogens (tertiary/aromatic N) is 3. The second-order valence-corrected chi connectivity index (χ2v) is 10.1. The number of aromatic nitrogens is 2. The third kappa shape index (κ3) is 7.13. The van der Waals surface area contributed by atoms with Crippen LogP contribution in [-0.4, -0.2) is 50.2 Å². The Morgan fingerprint density at radius 1 is 1.06 bits per heavy atom. The van der Waals surface area contributed by atoms with Crippen molar-refractivity contribution in [3.8, 4) is 11.5 Å². The topological polar surface area (TPSA) is 76.6 Å². The number of carbonyl (C=O) groups is 1. The van der Waals surface area contributed by atoms with Crippen LogP contribution in [0.25, 0.3) is 0 Å². The Kier molecular flexibility index (Phi) is 8.70. The zero-order valence-electron chi connectivity index (χ0n) is 21.4. The van der Waals surface area contributed by atoms with Crippen LogP contribution in [0, 0.1) is 12.8 Å². The van der Waals surface area contributed by atoms with Gasteiger partial charge in [0, 0.05) is 43.2 Å². The molecule has 1 saturated carbocycles. The van der Waals surface area contributed by atoms with Crippen molar-refractivity contribution in [1.82, 2.24) is 15.3 Å². The first-order valence-electron chi connectivity index (χ1n) is 12.2. The molecule has 0 bridgehead atoms. The van der Waals surface area contributed by atoms with Gasteiger partial charge in [-0.3, -0.25) is 4.79 Å². The number of likely N-dealkylation sites (N-methyl/N-ethyl adjacent to an activating group) is 1. The van der Waals surface area contributed by atoms with E-state index in [4.69, 9.17) is 14.5 Å². The van der Waals surface area contributed by atoms with E-state index in [1.807, 2.05) is 56.4 Å². The smallest absolute Gasteiger partial charge is 0.251 e. The number of hydrogen-bond acceptors (Lipinski definition) is 7. The monoisotopic (exact) mass is 506 g/mol. The highest BCUT2D eigenvalue weighted by Crippen LogP contribution is 2.29. The zero-order chi connectivity index (χ0) is 25.5. The summed E-state index contributed by atoms with van der Waals surface area (Å²) in [5, 5.41) is 3.76. The Hall–Kier alpha value is -3.26. The number of methoxy groups -OCH3 is 2. The van der Waals surface area contributed by atoms with Crippen molar-refractivity contribution in [3.63, 3.8) is 0 Å². The SMILES string of the molecule is COc1ccc(CCN(C)c2cc(C)nc(SCc3cccc(C(=O)NCC4CC4)c3)n2)cc1OC. The number of thioether (sulfide) groups is 1. The highest BCUT2D eigenvalue weighted by Gasteiger charge is 2.22. The van der Waals surface area contributed by atoms with Gasteiger partial charge in [-0.2, -0.15) is 0 Å². The van der Waals surface area contributed by atoms with E-state index in [9.17, 15) is 4.79 Å². The maximum Gasteiger partial charge on any atom is 0.251 e. The second-order valence-electron chi connectivity index (χ2n) is 9.15. The zero-order valence-corrected chi connectivity index (χ0v) is 22.2. The Bertz CT molecular complexity index is 1200. The van der Waals surface area contributed by atoms with E-state index in [0.29, 0.717) is 17.2 Å². The lowest BCUT2D eigenvalue weighted by molar-refractivity contribution is 0.0951. The van der Waals surface area contributed by atoms with Gasteiger partial charge in [-0.15, -0.1) is 0 Å². The van der Waals surface area contributed by atoms with E-state index in [1.54, 1.807) is 26.0 Å². The van der Waals surface area contributed by atoms with Crippen LogP contribution in [0.4, 0.5) is 5.82 Å². The van der Waals surface area contributed by atoms with E-state index in [2.05, 4.69) is 21.3 Å². The van der Waals surface area contributed by atoms with Crippen LogP contribution in [0.2, 0.25) is 0 Å². The van der Waals surface area contributed by atoms with Crippen molar-refractivity contribution >= 4 is 23.5 Å². The average Bonchev–Trinajstić information content (AvgIpc) is 3.73. The van der Waals surface area contributed by atoms with Gasteiger partial charge < -0.3 is 19.7 Å². The Labute approximate surface area is 217 Å². The molecule has 1 aromatic heterocycles. The summed E-state index contributed by atoms with van der Waals surface area (Å²) in [6.45, 7) is 3.56. The number of aryl methyl sites for hydroxylation is 1. The van der Waals surface area contributed by atoms with E-state index < -0.39 is 0 Å². The maximum atomic E-state index is 12.4. The molecule has 3 aromatic rings. The molecule has 190 valence electrons. The number of rotatable bonds is 12. The van der Waals surface area contributed by atoms with E-state index in [0.717, 1.165) is 53.2 Å². The second kappa shape index (κ2) is 12.1. The lowest BCUT2D eigenvalue weighted by Crippen LogP contribution is -2.25. The summed E-state index contributed by atoms with van der Waals surface area (Å²) in [6.07, 6.45) is 3.29. The molecule has 2 aromatic carbocycles. The minimum Gasteiger partial charge on any atom is -0.493 e. The maximum absolute atomic E-state index is 12.4. The first-order chi connectivity index (χ1) is 17.4.